The standard InChI is InChI=1S/C9H15NO3S/c11-14(12,7-4-5-13-6-7)10-8-2-1-3-9(8)10/h7-9H,1-6H2/t7-,8-,9-/m1/s1. The number of piperidine rings is 1. The van der Waals surface area contributed by atoms with Crippen LogP contribution in [-0.2, 0) is 14.8 Å². The second-order valence-electron chi connectivity index (χ2n) is 4.43. The van der Waals surface area contributed by atoms with Gasteiger partial charge in [0.05, 0.1) is 6.61 Å². The molecule has 3 aliphatic rings. The molecule has 80 valence electrons. The summed E-state index contributed by atoms with van der Waals surface area (Å²) in [7, 11) is -3.02. The Hall–Kier alpha value is -0.130. The molecule has 2 heterocycles. The monoisotopic (exact) mass is 217 g/mol. The Kier molecular flexibility index (Phi) is 1.91. The van der Waals surface area contributed by atoms with Gasteiger partial charge in [0.15, 0.2) is 0 Å². The molecule has 3 fully saturated rings. The molecule has 0 amide bonds. The third-order valence-electron chi connectivity index (χ3n) is 3.61. The maximum absolute atomic E-state index is 12.1. The van der Waals surface area contributed by atoms with Crippen molar-refractivity contribution in [3.05, 3.63) is 0 Å². The lowest BCUT2D eigenvalue weighted by Crippen LogP contribution is -2.30. The average molecular weight is 217 g/mol. The van der Waals surface area contributed by atoms with Crippen LogP contribution in [0.5, 0.6) is 0 Å². The lowest BCUT2D eigenvalue weighted by atomic mass is 10.3. The van der Waals surface area contributed by atoms with Crippen molar-refractivity contribution >= 4 is 10.0 Å². The minimum atomic E-state index is -3.02. The van der Waals surface area contributed by atoms with E-state index in [0.29, 0.717) is 31.7 Å². The summed E-state index contributed by atoms with van der Waals surface area (Å²) in [6.07, 6.45) is 4.01. The lowest BCUT2D eigenvalue weighted by molar-refractivity contribution is 0.198. The molecule has 5 heteroatoms. The molecule has 0 aromatic heterocycles. The van der Waals surface area contributed by atoms with E-state index in [1.54, 1.807) is 4.31 Å². The summed E-state index contributed by atoms with van der Waals surface area (Å²) < 4.78 is 31.0. The molecule has 2 saturated heterocycles. The molecule has 2 aliphatic heterocycles. The van der Waals surface area contributed by atoms with Crippen LogP contribution in [0.2, 0.25) is 0 Å². The fourth-order valence-corrected chi connectivity index (χ4v) is 4.98. The molecule has 0 spiro atoms. The summed E-state index contributed by atoms with van der Waals surface area (Å²) in [5.41, 5.74) is 0. The fourth-order valence-electron chi connectivity index (χ4n) is 2.78. The van der Waals surface area contributed by atoms with Crippen LogP contribution in [0.4, 0.5) is 0 Å². The number of fused-ring (bicyclic) bond motifs is 1. The van der Waals surface area contributed by atoms with Crippen molar-refractivity contribution in [2.24, 2.45) is 0 Å². The Balaban J connectivity index is 1.77. The molecule has 1 aliphatic carbocycles. The highest BCUT2D eigenvalue weighted by Crippen LogP contribution is 2.46. The van der Waals surface area contributed by atoms with Crippen LogP contribution >= 0.6 is 0 Å². The Morgan fingerprint density at radius 3 is 2.43 bits per heavy atom. The summed E-state index contributed by atoms with van der Waals surface area (Å²) >= 11 is 0. The molecule has 14 heavy (non-hydrogen) atoms. The van der Waals surface area contributed by atoms with E-state index >= 15 is 0 Å². The van der Waals surface area contributed by atoms with Gasteiger partial charge in [0, 0.05) is 18.7 Å². The van der Waals surface area contributed by atoms with Crippen molar-refractivity contribution in [2.45, 2.75) is 43.0 Å². The van der Waals surface area contributed by atoms with E-state index in [-0.39, 0.29) is 5.25 Å². The first-order valence-corrected chi connectivity index (χ1v) is 6.81. The highest BCUT2D eigenvalue weighted by molar-refractivity contribution is 7.90. The number of hydrogen-bond donors (Lipinski definition) is 0. The second-order valence-corrected chi connectivity index (χ2v) is 6.54. The number of rotatable bonds is 2. The molecule has 4 nitrogen and oxygen atoms in total. The van der Waals surface area contributed by atoms with Crippen molar-refractivity contribution in [3.8, 4) is 0 Å². The minimum Gasteiger partial charge on any atom is -0.380 e. The predicted octanol–water partition coefficient (Wildman–Crippen LogP) is 0.342. The Morgan fingerprint density at radius 1 is 1.14 bits per heavy atom. The van der Waals surface area contributed by atoms with E-state index in [0.717, 1.165) is 12.8 Å². The van der Waals surface area contributed by atoms with E-state index in [1.807, 2.05) is 0 Å². The number of ether oxygens (including phenoxy) is 1. The quantitative estimate of drug-likeness (QED) is 0.627. The minimum absolute atomic E-state index is 0.256. The van der Waals surface area contributed by atoms with Crippen LogP contribution in [0.3, 0.4) is 0 Å². The van der Waals surface area contributed by atoms with Crippen molar-refractivity contribution in [1.82, 2.24) is 4.31 Å². The first-order chi connectivity index (χ1) is 6.71. The maximum atomic E-state index is 12.1. The van der Waals surface area contributed by atoms with Gasteiger partial charge in [-0.3, -0.25) is 0 Å². The van der Waals surface area contributed by atoms with E-state index < -0.39 is 10.0 Å². The van der Waals surface area contributed by atoms with Crippen LogP contribution < -0.4 is 0 Å². The summed E-state index contributed by atoms with van der Waals surface area (Å²) in [5.74, 6) is 0. The third kappa shape index (κ3) is 1.15. The predicted molar refractivity (Wildman–Crippen MR) is 51.4 cm³/mol. The van der Waals surface area contributed by atoms with Gasteiger partial charge in [-0.15, -0.1) is 0 Å². The molecule has 0 aromatic rings. The third-order valence-corrected chi connectivity index (χ3v) is 5.95. The summed E-state index contributed by atoms with van der Waals surface area (Å²) in [6.45, 7) is 1.01. The molecule has 0 radical (unpaired) electrons. The molecule has 0 aromatic carbocycles. The molecule has 3 atom stereocenters. The molecular formula is C9H15NO3S. The van der Waals surface area contributed by atoms with Crippen molar-refractivity contribution in [3.63, 3.8) is 0 Å². The van der Waals surface area contributed by atoms with Gasteiger partial charge in [0.2, 0.25) is 10.0 Å². The summed E-state index contributed by atoms with van der Waals surface area (Å²) in [4.78, 5) is 0. The van der Waals surface area contributed by atoms with Crippen LogP contribution in [0.15, 0.2) is 0 Å². The van der Waals surface area contributed by atoms with Gasteiger partial charge in [-0.1, -0.05) is 6.42 Å². The zero-order valence-corrected chi connectivity index (χ0v) is 8.87. The van der Waals surface area contributed by atoms with Crippen LogP contribution in [0, 0.1) is 0 Å². The van der Waals surface area contributed by atoms with E-state index in [1.165, 1.54) is 6.42 Å². The SMILES string of the molecule is O=S(=O)([C@@H]1CCOC1)N1[C@@H]2CCC[C@H]21. The van der Waals surface area contributed by atoms with Crippen molar-refractivity contribution < 1.29 is 13.2 Å². The molecule has 3 rings (SSSR count). The highest BCUT2D eigenvalue weighted by Gasteiger charge is 2.58. The van der Waals surface area contributed by atoms with Gasteiger partial charge in [0.1, 0.15) is 5.25 Å². The smallest absolute Gasteiger partial charge is 0.219 e. The Morgan fingerprint density at radius 2 is 1.86 bits per heavy atom. The van der Waals surface area contributed by atoms with Crippen molar-refractivity contribution in [2.75, 3.05) is 13.2 Å². The normalized spacial score (nSPS) is 46.6. The van der Waals surface area contributed by atoms with Gasteiger partial charge in [0.25, 0.3) is 0 Å². The van der Waals surface area contributed by atoms with E-state index in [9.17, 15) is 8.42 Å². The number of hydrogen-bond acceptors (Lipinski definition) is 3. The zero-order chi connectivity index (χ0) is 9.76. The average Bonchev–Trinajstić information content (AvgIpc) is 2.66. The number of sulfonamides is 1. The van der Waals surface area contributed by atoms with Gasteiger partial charge in [-0.2, -0.15) is 4.31 Å². The van der Waals surface area contributed by atoms with Gasteiger partial charge >= 0.3 is 0 Å². The van der Waals surface area contributed by atoms with Crippen molar-refractivity contribution in [1.29, 1.82) is 0 Å². The highest BCUT2D eigenvalue weighted by atomic mass is 32.2. The zero-order valence-electron chi connectivity index (χ0n) is 8.05. The second kappa shape index (κ2) is 2.93. The Labute approximate surface area is 84.3 Å². The molecule has 0 unspecified atom stereocenters. The van der Waals surface area contributed by atoms with E-state index in [4.69, 9.17) is 4.74 Å². The molecule has 0 bridgehead atoms. The molecule has 0 N–H and O–H groups in total. The lowest BCUT2D eigenvalue weighted by Gasteiger charge is -2.13. The van der Waals surface area contributed by atoms with Gasteiger partial charge < -0.3 is 4.74 Å². The Bertz CT molecular complexity index is 324. The van der Waals surface area contributed by atoms with Crippen LogP contribution in [0.25, 0.3) is 0 Å². The maximum Gasteiger partial charge on any atom is 0.219 e. The fraction of sp³-hybridized carbons (Fsp3) is 1.00. The molecular weight excluding hydrogens is 202 g/mol. The largest absolute Gasteiger partial charge is 0.380 e. The summed E-state index contributed by atoms with van der Waals surface area (Å²) in [5, 5.41) is -0.256. The van der Waals surface area contributed by atoms with Gasteiger partial charge in [-0.25, -0.2) is 8.42 Å². The van der Waals surface area contributed by atoms with Crippen LogP contribution in [-0.4, -0.2) is 43.3 Å². The number of nitrogens with zero attached hydrogens (tertiary/aromatic N) is 1. The molecule has 1 saturated carbocycles. The first kappa shape index (κ1) is 9.12. The van der Waals surface area contributed by atoms with Crippen LogP contribution in [0.1, 0.15) is 25.7 Å². The topological polar surface area (TPSA) is 46.4 Å². The van der Waals surface area contributed by atoms with Gasteiger partial charge in [-0.05, 0) is 19.3 Å². The van der Waals surface area contributed by atoms with E-state index in [2.05, 4.69) is 0 Å². The summed E-state index contributed by atoms with van der Waals surface area (Å²) in [6, 6.07) is 0.696. The first-order valence-electron chi connectivity index (χ1n) is 5.31.